The van der Waals surface area contributed by atoms with Crippen LogP contribution in [0.4, 0.5) is 0 Å². The Bertz CT molecular complexity index is 561. The molecule has 1 aliphatic carbocycles. The SMILES string of the molecule is CC(=O)NC1=CCCc2ccccc21.c1ccccc1. The zero-order valence-electron chi connectivity index (χ0n) is 11.7. The van der Waals surface area contributed by atoms with Crippen molar-refractivity contribution in [2.75, 3.05) is 0 Å². The predicted molar refractivity (Wildman–Crippen MR) is 83.0 cm³/mol. The second-order valence-electron chi connectivity index (χ2n) is 4.65. The van der Waals surface area contributed by atoms with Gasteiger partial charge in [-0.2, -0.15) is 0 Å². The number of benzene rings is 2. The highest BCUT2D eigenvalue weighted by molar-refractivity contribution is 5.86. The minimum atomic E-state index is -0.00652. The number of rotatable bonds is 1. The van der Waals surface area contributed by atoms with Crippen molar-refractivity contribution >= 4 is 11.6 Å². The Morgan fingerprint density at radius 3 is 2.15 bits per heavy atom. The lowest BCUT2D eigenvalue weighted by Gasteiger charge is -2.17. The van der Waals surface area contributed by atoms with Gasteiger partial charge in [-0.1, -0.05) is 66.7 Å². The molecule has 0 bridgehead atoms. The van der Waals surface area contributed by atoms with Gasteiger partial charge in [0.1, 0.15) is 0 Å². The molecule has 0 aliphatic heterocycles. The summed E-state index contributed by atoms with van der Waals surface area (Å²) in [7, 11) is 0. The van der Waals surface area contributed by atoms with Crippen molar-refractivity contribution in [1.82, 2.24) is 5.32 Å². The van der Waals surface area contributed by atoms with Crippen LogP contribution in [-0.2, 0) is 11.2 Å². The van der Waals surface area contributed by atoms with E-state index < -0.39 is 0 Å². The number of hydrogen-bond donors (Lipinski definition) is 1. The Morgan fingerprint density at radius 1 is 0.950 bits per heavy atom. The first-order valence-corrected chi connectivity index (χ1v) is 6.83. The molecule has 1 amide bonds. The Labute approximate surface area is 120 Å². The highest BCUT2D eigenvalue weighted by atomic mass is 16.1. The van der Waals surface area contributed by atoms with Gasteiger partial charge < -0.3 is 5.32 Å². The minimum Gasteiger partial charge on any atom is -0.326 e. The summed E-state index contributed by atoms with van der Waals surface area (Å²) in [5, 5.41) is 2.86. The lowest BCUT2D eigenvalue weighted by Crippen LogP contribution is -2.20. The van der Waals surface area contributed by atoms with Crippen LogP contribution in [0, 0.1) is 0 Å². The maximum atomic E-state index is 11.0. The monoisotopic (exact) mass is 265 g/mol. The van der Waals surface area contributed by atoms with Crippen LogP contribution in [0.25, 0.3) is 5.70 Å². The second-order valence-corrected chi connectivity index (χ2v) is 4.65. The normalized spacial score (nSPS) is 12.3. The van der Waals surface area contributed by atoms with Crippen LogP contribution in [0.2, 0.25) is 0 Å². The van der Waals surface area contributed by atoms with Crippen LogP contribution < -0.4 is 5.32 Å². The van der Waals surface area contributed by atoms with E-state index in [1.54, 1.807) is 0 Å². The predicted octanol–water partition coefficient (Wildman–Crippen LogP) is 3.80. The second kappa shape index (κ2) is 7.29. The molecule has 0 fully saturated rings. The van der Waals surface area contributed by atoms with Gasteiger partial charge in [0.05, 0.1) is 0 Å². The Morgan fingerprint density at radius 2 is 1.55 bits per heavy atom. The Hall–Kier alpha value is -2.35. The highest BCUT2D eigenvalue weighted by Gasteiger charge is 2.11. The van der Waals surface area contributed by atoms with Crippen LogP contribution in [0.15, 0.2) is 66.7 Å². The summed E-state index contributed by atoms with van der Waals surface area (Å²) in [6.45, 7) is 1.54. The summed E-state index contributed by atoms with van der Waals surface area (Å²) < 4.78 is 0. The van der Waals surface area contributed by atoms with Crippen molar-refractivity contribution in [3.63, 3.8) is 0 Å². The molecule has 2 aromatic carbocycles. The molecule has 0 unspecified atom stereocenters. The van der Waals surface area contributed by atoms with Crippen molar-refractivity contribution in [2.24, 2.45) is 0 Å². The van der Waals surface area contributed by atoms with Gasteiger partial charge in [0.15, 0.2) is 0 Å². The van der Waals surface area contributed by atoms with E-state index in [9.17, 15) is 4.79 Å². The molecule has 0 heterocycles. The molecule has 3 rings (SSSR count). The molecule has 0 atom stereocenters. The van der Waals surface area contributed by atoms with Gasteiger partial charge in [0, 0.05) is 18.2 Å². The molecule has 2 nitrogen and oxygen atoms in total. The summed E-state index contributed by atoms with van der Waals surface area (Å²) in [5.74, 6) is -0.00652. The van der Waals surface area contributed by atoms with E-state index in [1.807, 2.05) is 48.5 Å². The van der Waals surface area contributed by atoms with Crippen molar-refractivity contribution in [2.45, 2.75) is 19.8 Å². The molecule has 2 heteroatoms. The quantitative estimate of drug-likeness (QED) is 0.835. The van der Waals surface area contributed by atoms with Gasteiger partial charge in [-0.25, -0.2) is 0 Å². The fourth-order valence-electron chi connectivity index (χ4n) is 2.18. The molecule has 0 spiro atoms. The zero-order valence-corrected chi connectivity index (χ0v) is 11.7. The molecule has 1 N–H and O–H groups in total. The van der Waals surface area contributed by atoms with Gasteiger partial charge in [-0.15, -0.1) is 0 Å². The zero-order chi connectivity index (χ0) is 14.2. The van der Waals surface area contributed by atoms with E-state index in [-0.39, 0.29) is 5.91 Å². The summed E-state index contributed by atoms with van der Waals surface area (Å²) in [5.41, 5.74) is 3.44. The molecular formula is C18H19NO. The van der Waals surface area contributed by atoms with Gasteiger partial charge in [-0.05, 0) is 18.4 Å². The highest BCUT2D eigenvalue weighted by Crippen LogP contribution is 2.23. The molecule has 20 heavy (non-hydrogen) atoms. The summed E-state index contributed by atoms with van der Waals surface area (Å²) >= 11 is 0. The molecular weight excluding hydrogens is 246 g/mol. The third-order valence-corrected chi connectivity index (χ3v) is 3.05. The number of nitrogens with one attached hydrogen (secondary N) is 1. The first-order chi connectivity index (χ1) is 9.77. The average Bonchev–Trinajstić information content (AvgIpc) is 2.50. The van der Waals surface area contributed by atoms with Crippen LogP contribution in [-0.4, -0.2) is 5.91 Å². The molecule has 1 aliphatic rings. The van der Waals surface area contributed by atoms with E-state index in [0.717, 1.165) is 24.1 Å². The summed E-state index contributed by atoms with van der Waals surface area (Å²) in [4.78, 5) is 11.0. The lowest BCUT2D eigenvalue weighted by atomic mass is 9.95. The third kappa shape index (κ3) is 4.09. The standard InChI is InChI=1S/C12H13NO.C6H6/c1-9(14)13-12-8-4-6-10-5-2-3-7-11(10)12;1-2-4-6-5-3-1/h2-3,5,7-8H,4,6H2,1H3,(H,13,14);1-6H. The minimum absolute atomic E-state index is 0.00652. The third-order valence-electron chi connectivity index (χ3n) is 3.05. The van der Waals surface area contributed by atoms with Gasteiger partial charge in [0.25, 0.3) is 0 Å². The molecule has 0 saturated carbocycles. The average molecular weight is 265 g/mol. The number of amides is 1. The molecule has 0 saturated heterocycles. The number of carbonyl (C=O) groups is 1. The Balaban J connectivity index is 0.000000205. The first kappa shape index (κ1) is 14.1. The van der Waals surface area contributed by atoms with Crippen molar-refractivity contribution in [3.05, 3.63) is 77.9 Å². The fraction of sp³-hybridized carbons (Fsp3) is 0.167. The number of aryl methyl sites for hydroxylation is 1. The molecule has 102 valence electrons. The van der Waals surface area contributed by atoms with Crippen molar-refractivity contribution in [1.29, 1.82) is 0 Å². The van der Waals surface area contributed by atoms with E-state index in [4.69, 9.17) is 0 Å². The van der Waals surface area contributed by atoms with Crippen LogP contribution in [0.1, 0.15) is 24.5 Å². The molecule has 0 aromatic heterocycles. The first-order valence-electron chi connectivity index (χ1n) is 6.83. The van der Waals surface area contributed by atoms with Gasteiger partial charge >= 0.3 is 0 Å². The fourth-order valence-corrected chi connectivity index (χ4v) is 2.18. The Kier molecular flexibility index (Phi) is 5.13. The van der Waals surface area contributed by atoms with Crippen molar-refractivity contribution < 1.29 is 4.79 Å². The number of fused-ring (bicyclic) bond motifs is 1. The topological polar surface area (TPSA) is 29.1 Å². The van der Waals surface area contributed by atoms with Crippen LogP contribution >= 0.6 is 0 Å². The van der Waals surface area contributed by atoms with E-state index in [0.29, 0.717) is 0 Å². The number of hydrogen-bond acceptors (Lipinski definition) is 1. The van der Waals surface area contributed by atoms with Crippen molar-refractivity contribution in [3.8, 4) is 0 Å². The van der Waals surface area contributed by atoms with E-state index in [2.05, 4.69) is 23.5 Å². The van der Waals surface area contributed by atoms with Gasteiger partial charge in [-0.3, -0.25) is 4.79 Å². The number of allylic oxidation sites excluding steroid dienone is 1. The lowest BCUT2D eigenvalue weighted by molar-refractivity contribution is -0.117. The van der Waals surface area contributed by atoms with Crippen LogP contribution in [0.3, 0.4) is 0 Å². The maximum absolute atomic E-state index is 11.0. The van der Waals surface area contributed by atoms with Gasteiger partial charge in [0.2, 0.25) is 5.91 Å². The summed E-state index contributed by atoms with van der Waals surface area (Å²) in [6, 6.07) is 20.2. The van der Waals surface area contributed by atoms with E-state index in [1.165, 1.54) is 12.5 Å². The van der Waals surface area contributed by atoms with E-state index >= 15 is 0 Å². The smallest absolute Gasteiger partial charge is 0.221 e. The summed E-state index contributed by atoms with van der Waals surface area (Å²) in [6.07, 6.45) is 4.16. The largest absolute Gasteiger partial charge is 0.326 e. The molecule has 0 radical (unpaired) electrons. The van der Waals surface area contributed by atoms with Crippen LogP contribution in [0.5, 0.6) is 0 Å². The maximum Gasteiger partial charge on any atom is 0.221 e. The molecule has 2 aromatic rings. The number of carbonyl (C=O) groups excluding carboxylic acids is 1.